The van der Waals surface area contributed by atoms with Crippen molar-refractivity contribution in [3.63, 3.8) is 0 Å². The van der Waals surface area contributed by atoms with Gasteiger partial charge in [-0.05, 0) is 57.8 Å². The summed E-state index contributed by atoms with van der Waals surface area (Å²) in [6.07, 6.45) is 69.2. The van der Waals surface area contributed by atoms with Gasteiger partial charge in [-0.15, -0.1) is 0 Å². The first-order chi connectivity index (χ1) is 33.0. The maximum absolute atomic E-state index is 12.4. The Balaban J connectivity index is 3.42. The van der Waals surface area contributed by atoms with E-state index in [9.17, 15) is 19.8 Å². The standard InChI is InChI=1S/C61H117NO5/c1-3-5-7-9-11-13-15-17-18-27-31-35-39-43-47-51-55-61(66)67-56-52-48-44-40-36-32-28-25-23-21-19-20-22-24-26-30-34-38-42-46-50-54-60(65)62-58(57-63)59(64)53-49-45-41-37-33-29-16-14-12-10-8-6-4-2/h20,22,49,53,58-59,63-64H,3-19,21,23-48,50-52,54-57H2,1-2H3,(H,62,65)/b22-20-,53-49+. The Morgan fingerprint density at radius 3 is 1.06 bits per heavy atom. The van der Waals surface area contributed by atoms with Gasteiger partial charge >= 0.3 is 5.97 Å². The lowest BCUT2D eigenvalue weighted by molar-refractivity contribution is -0.143. The molecule has 396 valence electrons. The lowest BCUT2D eigenvalue weighted by Crippen LogP contribution is -2.45. The van der Waals surface area contributed by atoms with Crippen LogP contribution in [0.25, 0.3) is 0 Å². The third-order valence-corrected chi connectivity index (χ3v) is 14.0. The summed E-state index contributed by atoms with van der Waals surface area (Å²) in [5.74, 6) is -0.0640. The highest BCUT2D eigenvalue weighted by molar-refractivity contribution is 5.76. The number of unbranched alkanes of at least 4 members (excludes halogenated alkanes) is 43. The van der Waals surface area contributed by atoms with E-state index in [0.29, 0.717) is 19.4 Å². The minimum Gasteiger partial charge on any atom is -0.466 e. The molecule has 0 aromatic rings. The van der Waals surface area contributed by atoms with Gasteiger partial charge in [0.2, 0.25) is 5.91 Å². The van der Waals surface area contributed by atoms with E-state index in [-0.39, 0.29) is 18.5 Å². The van der Waals surface area contributed by atoms with Crippen molar-refractivity contribution in [1.82, 2.24) is 5.32 Å². The van der Waals surface area contributed by atoms with Crippen molar-refractivity contribution >= 4 is 11.9 Å². The molecule has 0 aliphatic rings. The van der Waals surface area contributed by atoms with Crippen molar-refractivity contribution in [1.29, 1.82) is 0 Å². The minimum absolute atomic E-state index is 0.0112. The summed E-state index contributed by atoms with van der Waals surface area (Å²) < 4.78 is 5.49. The number of rotatable bonds is 56. The van der Waals surface area contributed by atoms with Crippen molar-refractivity contribution in [2.45, 2.75) is 341 Å². The first-order valence-corrected chi connectivity index (χ1v) is 30.1. The van der Waals surface area contributed by atoms with Gasteiger partial charge in [-0.1, -0.05) is 282 Å². The lowest BCUT2D eigenvalue weighted by Gasteiger charge is -2.20. The van der Waals surface area contributed by atoms with E-state index >= 15 is 0 Å². The molecular formula is C61H117NO5. The van der Waals surface area contributed by atoms with Crippen LogP contribution in [-0.2, 0) is 14.3 Å². The number of ether oxygens (including phenoxy) is 1. The van der Waals surface area contributed by atoms with Crippen LogP contribution in [0.1, 0.15) is 328 Å². The highest BCUT2D eigenvalue weighted by Crippen LogP contribution is 2.17. The number of carbonyl (C=O) groups is 2. The van der Waals surface area contributed by atoms with Gasteiger partial charge in [-0.25, -0.2) is 0 Å². The van der Waals surface area contributed by atoms with Crippen molar-refractivity contribution in [2.24, 2.45) is 0 Å². The average molecular weight is 945 g/mol. The molecule has 0 bridgehead atoms. The van der Waals surface area contributed by atoms with Crippen molar-refractivity contribution in [2.75, 3.05) is 13.2 Å². The van der Waals surface area contributed by atoms with E-state index in [1.54, 1.807) is 6.08 Å². The Labute approximate surface area is 418 Å². The number of aliphatic hydroxyl groups excluding tert-OH is 2. The maximum atomic E-state index is 12.4. The second-order valence-corrected chi connectivity index (χ2v) is 20.7. The van der Waals surface area contributed by atoms with Crippen LogP contribution in [0.15, 0.2) is 24.3 Å². The molecule has 0 saturated heterocycles. The number of aliphatic hydroxyl groups is 2. The Morgan fingerprint density at radius 1 is 0.403 bits per heavy atom. The Kier molecular flexibility index (Phi) is 55.5. The minimum atomic E-state index is -0.848. The summed E-state index contributed by atoms with van der Waals surface area (Å²) in [5, 5.41) is 23.1. The van der Waals surface area contributed by atoms with Crippen LogP contribution < -0.4 is 5.32 Å². The molecule has 0 aliphatic carbocycles. The molecule has 0 radical (unpaired) electrons. The molecule has 67 heavy (non-hydrogen) atoms. The summed E-state index contributed by atoms with van der Waals surface area (Å²) in [6.45, 7) is 4.91. The van der Waals surface area contributed by atoms with Gasteiger partial charge in [-0.3, -0.25) is 9.59 Å². The van der Waals surface area contributed by atoms with Gasteiger partial charge in [0.05, 0.1) is 25.4 Å². The molecular weight excluding hydrogens is 827 g/mol. The summed E-state index contributed by atoms with van der Waals surface area (Å²) in [5.41, 5.74) is 0. The molecule has 6 nitrogen and oxygen atoms in total. The molecule has 6 heteroatoms. The van der Waals surface area contributed by atoms with E-state index in [1.807, 2.05) is 6.08 Å². The smallest absolute Gasteiger partial charge is 0.305 e. The van der Waals surface area contributed by atoms with Crippen LogP contribution >= 0.6 is 0 Å². The fourth-order valence-electron chi connectivity index (χ4n) is 9.34. The molecule has 2 unspecified atom stereocenters. The number of hydrogen-bond donors (Lipinski definition) is 3. The van der Waals surface area contributed by atoms with Gasteiger partial charge in [0, 0.05) is 12.8 Å². The van der Waals surface area contributed by atoms with Gasteiger partial charge < -0.3 is 20.3 Å². The van der Waals surface area contributed by atoms with Gasteiger partial charge in [0.1, 0.15) is 0 Å². The summed E-state index contributed by atoms with van der Waals surface area (Å²) in [4.78, 5) is 24.5. The van der Waals surface area contributed by atoms with Crippen LogP contribution in [0.5, 0.6) is 0 Å². The molecule has 0 rings (SSSR count). The zero-order valence-electron chi connectivity index (χ0n) is 45.1. The van der Waals surface area contributed by atoms with Crippen molar-refractivity contribution < 1.29 is 24.5 Å². The molecule has 3 N–H and O–H groups in total. The van der Waals surface area contributed by atoms with Crippen LogP contribution in [0, 0.1) is 0 Å². The first kappa shape index (κ1) is 65.3. The average Bonchev–Trinajstić information content (AvgIpc) is 3.33. The number of hydrogen-bond acceptors (Lipinski definition) is 5. The van der Waals surface area contributed by atoms with E-state index in [0.717, 1.165) is 44.9 Å². The van der Waals surface area contributed by atoms with Crippen LogP contribution in [-0.4, -0.2) is 47.4 Å². The summed E-state index contributed by atoms with van der Waals surface area (Å²) in [6, 6.07) is -0.632. The largest absolute Gasteiger partial charge is 0.466 e. The molecule has 0 aromatic heterocycles. The quantitative estimate of drug-likeness (QED) is 0.0321. The normalized spacial score (nSPS) is 12.7. The number of nitrogens with one attached hydrogen (secondary N) is 1. The zero-order valence-corrected chi connectivity index (χ0v) is 45.1. The zero-order chi connectivity index (χ0) is 48.6. The molecule has 0 spiro atoms. The van der Waals surface area contributed by atoms with E-state index in [2.05, 4.69) is 31.3 Å². The molecule has 2 atom stereocenters. The highest BCUT2D eigenvalue weighted by atomic mass is 16.5. The van der Waals surface area contributed by atoms with E-state index in [1.165, 1.54) is 257 Å². The molecule has 0 heterocycles. The third kappa shape index (κ3) is 53.5. The molecule has 0 fully saturated rings. The van der Waals surface area contributed by atoms with Crippen molar-refractivity contribution in [3.05, 3.63) is 24.3 Å². The van der Waals surface area contributed by atoms with Crippen LogP contribution in [0.3, 0.4) is 0 Å². The molecule has 1 amide bonds. The van der Waals surface area contributed by atoms with Crippen LogP contribution in [0.2, 0.25) is 0 Å². The second kappa shape index (κ2) is 56.9. The SMILES string of the molecule is CCCCCCCCCCCCC/C=C/C(O)C(CO)NC(=O)CCCCCCCCC/C=C\CCCCCCCCCCCCOC(=O)CCCCCCCCCCCCCCCCCC. The predicted octanol–water partition coefficient (Wildman–Crippen LogP) is 18.6. The monoisotopic (exact) mass is 944 g/mol. The van der Waals surface area contributed by atoms with Gasteiger partial charge in [0.15, 0.2) is 0 Å². The fourth-order valence-corrected chi connectivity index (χ4v) is 9.34. The van der Waals surface area contributed by atoms with E-state index in [4.69, 9.17) is 4.74 Å². The fraction of sp³-hybridized carbons (Fsp3) is 0.902. The van der Waals surface area contributed by atoms with Gasteiger partial charge in [-0.2, -0.15) is 0 Å². The van der Waals surface area contributed by atoms with Crippen molar-refractivity contribution in [3.8, 4) is 0 Å². The topological polar surface area (TPSA) is 95.9 Å². The number of carbonyl (C=O) groups excluding carboxylic acids is 2. The maximum Gasteiger partial charge on any atom is 0.305 e. The third-order valence-electron chi connectivity index (χ3n) is 14.0. The van der Waals surface area contributed by atoms with Crippen LogP contribution in [0.4, 0.5) is 0 Å². The summed E-state index contributed by atoms with van der Waals surface area (Å²) in [7, 11) is 0. The number of allylic oxidation sites excluding steroid dienone is 3. The van der Waals surface area contributed by atoms with Gasteiger partial charge in [0.25, 0.3) is 0 Å². The molecule has 0 aliphatic heterocycles. The lowest BCUT2D eigenvalue weighted by atomic mass is 10.0. The molecule has 0 saturated carbocycles. The Hall–Kier alpha value is -1.66. The number of esters is 1. The highest BCUT2D eigenvalue weighted by Gasteiger charge is 2.18. The Bertz CT molecular complexity index is 1040. The molecule has 0 aromatic carbocycles. The Morgan fingerprint density at radius 2 is 0.701 bits per heavy atom. The van der Waals surface area contributed by atoms with E-state index < -0.39 is 12.1 Å². The first-order valence-electron chi connectivity index (χ1n) is 30.1. The summed E-state index contributed by atoms with van der Waals surface area (Å²) >= 11 is 0. The number of amides is 1. The predicted molar refractivity (Wildman–Crippen MR) is 292 cm³/mol. The second-order valence-electron chi connectivity index (χ2n) is 20.7.